The van der Waals surface area contributed by atoms with Crippen molar-refractivity contribution in [3.05, 3.63) is 48.0 Å². The fraction of sp³-hybridized carbons (Fsp3) is 0.294. The number of hydrogen-bond donors (Lipinski definition) is 0. The fourth-order valence-corrected chi connectivity index (χ4v) is 1.88. The first-order chi connectivity index (χ1) is 8.96. The zero-order valence-electron chi connectivity index (χ0n) is 11.7. The summed E-state index contributed by atoms with van der Waals surface area (Å²) in [5, 5.41) is 2.25. The van der Waals surface area contributed by atoms with E-state index in [1.54, 1.807) is 6.21 Å². The number of rotatable bonds is 3. The maximum Gasteiger partial charge on any atom is 0.168 e. The van der Waals surface area contributed by atoms with Gasteiger partial charge in [0.05, 0.1) is 5.54 Å². The molecule has 2 aromatic carbocycles. The molecule has 98 valence electrons. The van der Waals surface area contributed by atoms with Gasteiger partial charge in [0.25, 0.3) is 0 Å². The lowest BCUT2D eigenvalue weighted by atomic mass is 10.0. The highest BCUT2D eigenvalue weighted by Gasteiger charge is 2.07. The Bertz CT molecular complexity index is 620. The Balaban J connectivity index is 2.15. The highest BCUT2D eigenvalue weighted by molar-refractivity contribution is 6.05. The van der Waals surface area contributed by atoms with Crippen LogP contribution < -0.4 is 0 Å². The Morgan fingerprint density at radius 1 is 1.11 bits per heavy atom. The largest absolute Gasteiger partial charge is 0.294 e. The van der Waals surface area contributed by atoms with Crippen LogP contribution in [0.4, 0.5) is 0 Å². The van der Waals surface area contributed by atoms with E-state index >= 15 is 0 Å². The van der Waals surface area contributed by atoms with E-state index in [0.717, 1.165) is 16.3 Å². The van der Waals surface area contributed by atoms with Crippen molar-refractivity contribution in [3.63, 3.8) is 0 Å². The molecule has 0 N–H and O–H groups in total. The highest BCUT2D eigenvalue weighted by Crippen LogP contribution is 2.16. The molecule has 2 rings (SSSR count). The molecular weight excluding hydrogens is 234 g/mol. The summed E-state index contributed by atoms with van der Waals surface area (Å²) in [4.78, 5) is 16.4. The third kappa shape index (κ3) is 3.75. The minimum absolute atomic E-state index is 0.110. The molecule has 0 heterocycles. The molecular formula is C17H19NO. The van der Waals surface area contributed by atoms with Crippen LogP contribution in [0, 0.1) is 0 Å². The van der Waals surface area contributed by atoms with Crippen LogP contribution in [0.25, 0.3) is 10.8 Å². The van der Waals surface area contributed by atoms with Crippen molar-refractivity contribution in [3.8, 4) is 0 Å². The molecule has 2 nitrogen and oxygen atoms in total. The first kappa shape index (κ1) is 13.5. The summed E-state index contributed by atoms with van der Waals surface area (Å²) < 4.78 is 0. The normalized spacial score (nSPS) is 12.2. The number of carbonyl (C=O) groups excluding carboxylic acids is 1. The first-order valence-corrected chi connectivity index (χ1v) is 6.51. The minimum atomic E-state index is -0.121. The van der Waals surface area contributed by atoms with Crippen LogP contribution in [-0.2, 0) is 0 Å². The fourth-order valence-electron chi connectivity index (χ4n) is 1.88. The molecule has 0 saturated carbocycles. The van der Waals surface area contributed by atoms with Gasteiger partial charge >= 0.3 is 0 Å². The lowest BCUT2D eigenvalue weighted by Gasteiger charge is -2.10. The molecule has 2 heteroatoms. The van der Waals surface area contributed by atoms with Gasteiger partial charge in [-0.1, -0.05) is 36.4 Å². The van der Waals surface area contributed by atoms with Gasteiger partial charge in [0.1, 0.15) is 0 Å². The number of nitrogens with zero attached hydrogens (tertiary/aromatic N) is 1. The van der Waals surface area contributed by atoms with Gasteiger partial charge in [0, 0.05) is 18.2 Å². The predicted molar refractivity (Wildman–Crippen MR) is 81.1 cm³/mol. The number of hydrogen-bond acceptors (Lipinski definition) is 2. The molecule has 19 heavy (non-hydrogen) atoms. The second-order valence-electron chi connectivity index (χ2n) is 5.67. The van der Waals surface area contributed by atoms with E-state index in [9.17, 15) is 4.79 Å². The van der Waals surface area contributed by atoms with E-state index in [1.165, 1.54) is 0 Å². The average Bonchev–Trinajstić information content (AvgIpc) is 2.36. The lowest BCUT2D eigenvalue weighted by molar-refractivity contribution is 0.100. The van der Waals surface area contributed by atoms with Crippen LogP contribution in [0.15, 0.2) is 47.5 Å². The molecule has 0 aliphatic rings. The second kappa shape index (κ2) is 5.35. The lowest BCUT2D eigenvalue weighted by Crippen LogP contribution is -2.10. The maximum atomic E-state index is 12.1. The molecule has 0 unspecified atom stereocenters. The van der Waals surface area contributed by atoms with E-state index in [4.69, 9.17) is 0 Å². The Morgan fingerprint density at radius 2 is 1.79 bits per heavy atom. The van der Waals surface area contributed by atoms with E-state index in [1.807, 2.05) is 63.2 Å². The van der Waals surface area contributed by atoms with Crippen LogP contribution in [0.2, 0.25) is 0 Å². The monoisotopic (exact) mass is 253 g/mol. The van der Waals surface area contributed by atoms with Crippen LogP contribution in [0.5, 0.6) is 0 Å². The van der Waals surface area contributed by atoms with Crippen LogP contribution in [0.1, 0.15) is 37.6 Å². The topological polar surface area (TPSA) is 29.4 Å². The Kier molecular flexibility index (Phi) is 3.79. The van der Waals surface area contributed by atoms with Crippen molar-refractivity contribution in [1.29, 1.82) is 0 Å². The molecule has 0 saturated heterocycles. The van der Waals surface area contributed by atoms with E-state index < -0.39 is 0 Å². The van der Waals surface area contributed by atoms with E-state index in [0.29, 0.717) is 6.42 Å². The summed E-state index contributed by atoms with van der Waals surface area (Å²) in [5.41, 5.74) is 0.628. The quantitative estimate of drug-likeness (QED) is 0.593. The summed E-state index contributed by atoms with van der Waals surface area (Å²) >= 11 is 0. The zero-order valence-corrected chi connectivity index (χ0v) is 11.7. The number of ketones is 1. The molecule has 0 spiro atoms. The number of carbonyl (C=O) groups is 1. The summed E-state index contributed by atoms with van der Waals surface area (Å²) in [5.74, 6) is 0.110. The van der Waals surface area contributed by atoms with Crippen molar-refractivity contribution in [1.82, 2.24) is 0 Å². The smallest absolute Gasteiger partial charge is 0.168 e. The SMILES string of the molecule is CC(C)(C)N=CCC(=O)c1ccc2ccccc2c1. The zero-order chi connectivity index (χ0) is 13.9. The summed E-state index contributed by atoms with van der Waals surface area (Å²) in [6.45, 7) is 6.05. The van der Waals surface area contributed by atoms with Crippen molar-refractivity contribution < 1.29 is 4.79 Å². The van der Waals surface area contributed by atoms with Gasteiger partial charge in [0.2, 0.25) is 0 Å². The number of aliphatic imine (C=N–C) groups is 1. The van der Waals surface area contributed by atoms with Crippen molar-refractivity contribution >= 4 is 22.8 Å². The number of benzene rings is 2. The van der Waals surface area contributed by atoms with Gasteiger partial charge in [-0.25, -0.2) is 0 Å². The van der Waals surface area contributed by atoms with Crippen molar-refractivity contribution in [2.24, 2.45) is 4.99 Å². The second-order valence-corrected chi connectivity index (χ2v) is 5.67. The van der Waals surface area contributed by atoms with Crippen LogP contribution in [-0.4, -0.2) is 17.5 Å². The Labute approximate surface area is 114 Å². The number of Topliss-reactive ketones (excluding diaryl/α,β-unsaturated/α-hetero) is 1. The molecule has 2 aromatic rings. The van der Waals surface area contributed by atoms with Gasteiger partial charge in [0.15, 0.2) is 5.78 Å². The molecule has 0 aliphatic heterocycles. The molecule has 0 aliphatic carbocycles. The molecule has 0 fully saturated rings. The minimum Gasteiger partial charge on any atom is -0.294 e. The third-order valence-corrected chi connectivity index (χ3v) is 2.83. The van der Waals surface area contributed by atoms with Gasteiger partial charge in [-0.15, -0.1) is 0 Å². The average molecular weight is 253 g/mol. The van der Waals surface area contributed by atoms with Crippen LogP contribution in [0.3, 0.4) is 0 Å². The maximum absolute atomic E-state index is 12.1. The first-order valence-electron chi connectivity index (χ1n) is 6.51. The van der Waals surface area contributed by atoms with Gasteiger partial charge in [-0.3, -0.25) is 9.79 Å². The molecule has 0 radical (unpaired) electrons. The van der Waals surface area contributed by atoms with Crippen molar-refractivity contribution in [2.45, 2.75) is 32.7 Å². The standard InChI is InChI=1S/C17H19NO/c1-17(2,3)18-11-10-16(19)15-9-8-13-6-4-5-7-14(13)12-15/h4-9,11-12H,10H2,1-3H3. The van der Waals surface area contributed by atoms with Gasteiger partial charge in [-0.2, -0.15) is 0 Å². The summed E-state index contributed by atoms with van der Waals surface area (Å²) in [6.07, 6.45) is 2.08. The van der Waals surface area contributed by atoms with Crippen molar-refractivity contribution in [2.75, 3.05) is 0 Å². The van der Waals surface area contributed by atoms with E-state index in [-0.39, 0.29) is 11.3 Å². The summed E-state index contributed by atoms with van der Waals surface area (Å²) in [6, 6.07) is 13.9. The third-order valence-electron chi connectivity index (χ3n) is 2.83. The summed E-state index contributed by atoms with van der Waals surface area (Å²) in [7, 11) is 0. The predicted octanol–water partition coefficient (Wildman–Crippen LogP) is 4.28. The highest BCUT2D eigenvalue weighted by atomic mass is 16.1. The molecule has 0 atom stereocenters. The molecule has 0 amide bonds. The Morgan fingerprint density at radius 3 is 2.47 bits per heavy atom. The molecule has 0 bridgehead atoms. The van der Waals surface area contributed by atoms with Crippen LogP contribution >= 0.6 is 0 Å². The van der Waals surface area contributed by atoms with E-state index in [2.05, 4.69) is 4.99 Å². The number of fused-ring (bicyclic) bond motifs is 1. The van der Waals surface area contributed by atoms with Gasteiger partial charge in [-0.05, 0) is 37.6 Å². The van der Waals surface area contributed by atoms with Gasteiger partial charge < -0.3 is 0 Å². The molecule has 0 aromatic heterocycles. The Hall–Kier alpha value is -1.96.